The van der Waals surface area contributed by atoms with Crippen molar-refractivity contribution < 1.29 is 14.3 Å². The van der Waals surface area contributed by atoms with Crippen LogP contribution < -0.4 is 0 Å². The summed E-state index contributed by atoms with van der Waals surface area (Å²) >= 11 is 0. The van der Waals surface area contributed by atoms with Crippen molar-refractivity contribution in [2.45, 2.75) is 92.1 Å². The molecule has 0 heterocycles. The molecule has 0 amide bonds. The summed E-state index contributed by atoms with van der Waals surface area (Å²) in [6.45, 7) is 10.7. The number of hydrogen-bond donors (Lipinski definition) is 0. The molecule has 4 saturated carbocycles. The molecule has 0 N–H and O–H groups in total. The summed E-state index contributed by atoms with van der Waals surface area (Å²) in [5.74, 6) is 3.24. The van der Waals surface area contributed by atoms with Crippen molar-refractivity contribution in [3.63, 3.8) is 0 Å². The van der Waals surface area contributed by atoms with Gasteiger partial charge in [0, 0.05) is 18.3 Å². The van der Waals surface area contributed by atoms with Crippen LogP contribution >= 0.6 is 0 Å². The van der Waals surface area contributed by atoms with E-state index in [1.807, 2.05) is 0 Å². The number of hydrogen-bond acceptors (Lipinski definition) is 3. The number of ether oxygens (including phenoxy) is 1. The predicted molar refractivity (Wildman–Crippen MR) is 174 cm³/mol. The van der Waals surface area contributed by atoms with E-state index in [2.05, 4.69) is 93.6 Å². The van der Waals surface area contributed by atoms with E-state index in [4.69, 9.17) is 4.74 Å². The van der Waals surface area contributed by atoms with E-state index in [0.717, 1.165) is 32.1 Å². The van der Waals surface area contributed by atoms with Gasteiger partial charge in [-0.3, -0.25) is 9.59 Å². The van der Waals surface area contributed by atoms with Crippen molar-refractivity contribution in [3.05, 3.63) is 89.5 Å². The van der Waals surface area contributed by atoms with Gasteiger partial charge in [0.1, 0.15) is 11.9 Å². The molecule has 2 aromatic rings. The minimum absolute atomic E-state index is 0.0687. The van der Waals surface area contributed by atoms with Crippen LogP contribution in [-0.4, -0.2) is 17.9 Å². The van der Waals surface area contributed by atoms with Crippen molar-refractivity contribution in [2.75, 3.05) is 0 Å². The molecule has 0 aromatic heterocycles. The van der Waals surface area contributed by atoms with Crippen molar-refractivity contribution in [1.82, 2.24) is 0 Å². The topological polar surface area (TPSA) is 43.4 Å². The first-order valence-electron chi connectivity index (χ1n) is 16.8. The number of fused-ring (bicyclic) bond motifs is 5. The lowest BCUT2D eigenvalue weighted by Crippen LogP contribution is -2.59. The number of ketones is 1. The van der Waals surface area contributed by atoms with Gasteiger partial charge in [-0.2, -0.15) is 0 Å². The smallest absolute Gasteiger partial charge is 0.302 e. The first kappa shape index (κ1) is 30.1. The first-order chi connectivity index (χ1) is 20.6. The van der Waals surface area contributed by atoms with E-state index in [9.17, 15) is 9.59 Å². The van der Waals surface area contributed by atoms with E-state index in [1.165, 1.54) is 41.5 Å². The van der Waals surface area contributed by atoms with E-state index in [1.54, 1.807) is 13.8 Å². The highest BCUT2D eigenvalue weighted by atomic mass is 16.5. The van der Waals surface area contributed by atoms with Crippen molar-refractivity contribution in [2.24, 2.45) is 46.3 Å². The number of Topliss-reactive ketones (excluding diaryl/α,β-unsaturated/α-hetero) is 1. The largest absolute Gasteiger partial charge is 0.462 e. The lowest BCUT2D eigenvalue weighted by Gasteiger charge is -2.62. The van der Waals surface area contributed by atoms with Gasteiger partial charge in [-0.15, -0.1) is 0 Å². The lowest BCUT2D eigenvalue weighted by molar-refractivity contribution is -0.190. The van der Waals surface area contributed by atoms with Gasteiger partial charge < -0.3 is 4.74 Å². The predicted octanol–water partition coefficient (Wildman–Crippen LogP) is 9.47. The average Bonchev–Trinajstić information content (AvgIpc) is 3.36. The maximum absolute atomic E-state index is 12.6. The molecule has 0 saturated heterocycles. The van der Waals surface area contributed by atoms with Gasteiger partial charge in [-0.1, -0.05) is 92.2 Å². The zero-order chi connectivity index (χ0) is 30.4. The Morgan fingerprint density at radius 1 is 0.767 bits per heavy atom. The molecular weight excluding hydrogens is 528 g/mol. The van der Waals surface area contributed by atoms with Gasteiger partial charge in [-0.05, 0) is 117 Å². The molecule has 0 aliphatic heterocycles. The third-order valence-electron chi connectivity index (χ3n) is 12.9. The molecule has 0 spiro atoms. The molecule has 2 aromatic carbocycles. The monoisotopic (exact) mass is 578 g/mol. The summed E-state index contributed by atoms with van der Waals surface area (Å²) in [7, 11) is 0. The Hall–Kier alpha value is -2.94. The van der Waals surface area contributed by atoms with Gasteiger partial charge in [-0.25, -0.2) is 0 Å². The van der Waals surface area contributed by atoms with Crippen molar-refractivity contribution in [1.29, 1.82) is 0 Å². The molecule has 4 aliphatic rings. The van der Waals surface area contributed by atoms with Crippen LogP contribution in [0.4, 0.5) is 0 Å². The Morgan fingerprint density at radius 3 is 2.02 bits per heavy atom. The highest BCUT2D eigenvalue weighted by Gasteiger charge is 2.64. The Labute approximate surface area is 259 Å². The minimum Gasteiger partial charge on any atom is -0.462 e. The number of allylic oxidation sites excluding steroid dienone is 3. The van der Waals surface area contributed by atoms with E-state index in [0.29, 0.717) is 35.4 Å². The van der Waals surface area contributed by atoms with Crippen LogP contribution in [0.5, 0.6) is 0 Å². The molecular formula is C40H50O3. The molecule has 3 nitrogen and oxygen atoms in total. The summed E-state index contributed by atoms with van der Waals surface area (Å²) in [5.41, 5.74) is 5.23. The van der Waals surface area contributed by atoms with Gasteiger partial charge in [0.15, 0.2) is 0 Å². The van der Waals surface area contributed by atoms with Gasteiger partial charge in [0.2, 0.25) is 0 Å². The molecule has 9 atom stereocenters. The van der Waals surface area contributed by atoms with E-state index in [-0.39, 0.29) is 28.8 Å². The lowest BCUT2D eigenvalue weighted by atomic mass is 9.43. The maximum Gasteiger partial charge on any atom is 0.302 e. The standard InChI is InChI=1S/C40H50O3/c1-26(16-18-33(29-12-8-6-9-13-29)30-14-10-7-11-15-30)35-20-21-36-34-19-17-32-24-31(27(2)41)22-23-39(32,4)37(34)25-38(40(35,36)5)43-28(3)42/h6-16,18,31-32,34-38H,17,19-25H2,1-5H3/b26-16-/t31-,32-,34-,35+,36-,37-,38-,39-,40+/m0/s1. The molecule has 6 rings (SSSR count). The molecule has 4 fully saturated rings. The van der Waals surface area contributed by atoms with E-state index < -0.39 is 0 Å². The molecule has 43 heavy (non-hydrogen) atoms. The van der Waals surface area contributed by atoms with Crippen LogP contribution in [0.3, 0.4) is 0 Å². The normalized spacial score (nSPS) is 37.0. The second-order valence-corrected chi connectivity index (χ2v) is 14.8. The summed E-state index contributed by atoms with van der Waals surface area (Å²) in [6, 6.07) is 21.3. The number of rotatable bonds is 6. The Morgan fingerprint density at radius 2 is 1.42 bits per heavy atom. The average molecular weight is 579 g/mol. The van der Waals surface area contributed by atoms with E-state index >= 15 is 0 Å². The van der Waals surface area contributed by atoms with Gasteiger partial charge >= 0.3 is 5.97 Å². The van der Waals surface area contributed by atoms with Crippen LogP contribution in [0.2, 0.25) is 0 Å². The molecule has 4 aliphatic carbocycles. The number of carbonyl (C=O) groups excluding carboxylic acids is 2. The zero-order valence-corrected chi connectivity index (χ0v) is 26.9. The summed E-state index contributed by atoms with van der Waals surface area (Å²) in [5, 5.41) is 0. The SMILES string of the molecule is CC(=O)O[C@H]1C[C@H]2[C@@H](CC[C@H]3C[C@@H](C(C)=O)CC[C@@]32C)[C@@H]2CC[C@H](/C(C)=C\C=C(c3ccccc3)c3ccccc3)[C@@]12C. The van der Waals surface area contributed by atoms with Crippen LogP contribution in [-0.2, 0) is 14.3 Å². The molecule has 3 heteroatoms. The molecule has 228 valence electrons. The van der Waals surface area contributed by atoms with Crippen LogP contribution in [0.15, 0.2) is 78.4 Å². The van der Waals surface area contributed by atoms with Gasteiger partial charge in [0.25, 0.3) is 0 Å². The second kappa shape index (κ2) is 11.9. The second-order valence-electron chi connectivity index (χ2n) is 14.8. The van der Waals surface area contributed by atoms with Crippen LogP contribution in [0.25, 0.3) is 5.57 Å². The highest BCUT2D eigenvalue weighted by Crippen LogP contribution is 2.69. The van der Waals surface area contributed by atoms with Crippen molar-refractivity contribution >= 4 is 17.3 Å². The fraction of sp³-hybridized carbons (Fsp3) is 0.550. The number of carbonyl (C=O) groups is 2. The fourth-order valence-corrected chi connectivity index (χ4v) is 10.6. The molecule has 0 radical (unpaired) electrons. The Bertz CT molecular complexity index is 1350. The summed E-state index contributed by atoms with van der Waals surface area (Å²) < 4.78 is 6.35. The third-order valence-corrected chi connectivity index (χ3v) is 12.9. The maximum atomic E-state index is 12.6. The molecule has 0 bridgehead atoms. The fourth-order valence-electron chi connectivity index (χ4n) is 10.6. The summed E-state index contributed by atoms with van der Waals surface area (Å²) in [4.78, 5) is 24.9. The van der Waals surface area contributed by atoms with Crippen molar-refractivity contribution in [3.8, 4) is 0 Å². The zero-order valence-electron chi connectivity index (χ0n) is 26.9. The minimum atomic E-state index is -0.149. The number of benzene rings is 2. The highest BCUT2D eigenvalue weighted by molar-refractivity contribution is 5.81. The van der Waals surface area contributed by atoms with Crippen LogP contribution in [0.1, 0.15) is 97.1 Å². The van der Waals surface area contributed by atoms with Gasteiger partial charge in [0.05, 0.1) is 0 Å². The number of esters is 1. The van der Waals surface area contributed by atoms with Crippen LogP contribution in [0, 0.1) is 46.3 Å². The Kier molecular flexibility index (Phi) is 8.31. The summed E-state index contributed by atoms with van der Waals surface area (Å²) in [6.07, 6.45) is 13.6. The molecule has 0 unspecified atom stereocenters. The quantitative estimate of drug-likeness (QED) is 0.253. The third kappa shape index (κ3) is 5.36. The first-order valence-corrected chi connectivity index (χ1v) is 16.8. The Balaban J connectivity index is 1.33.